The van der Waals surface area contributed by atoms with Gasteiger partial charge in [-0.15, -0.1) is 11.3 Å². The van der Waals surface area contributed by atoms with Gasteiger partial charge in [0.15, 0.2) is 0 Å². The van der Waals surface area contributed by atoms with E-state index in [9.17, 15) is 4.79 Å². The number of aryl methyl sites for hydroxylation is 1. The van der Waals surface area contributed by atoms with E-state index in [0.717, 1.165) is 16.1 Å². The van der Waals surface area contributed by atoms with Crippen molar-refractivity contribution in [1.82, 2.24) is 4.90 Å². The fraction of sp³-hybridized carbons (Fsp3) is 0.312. The van der Waals surface area contributed by atoms with Crippen LogP contribution in [-0.2, 0) is 6.54 Å². The van der Waals surface area contributed by atoms with Crippen molar-refractivity contribution < 1.29 is 4.79 Å². The van der Waals surface area contributed by atoms with Gasteiger partial charge >= 0.3 is 0 Å². The molecule has 1 aromatic carbocycles. The molecule has 112 valence electrons. The number of hydrogen-bond donors (Lipinski definition) is 1. The van der Waals surface area contributed by atoms with Gasteiger partial charge < -0.3 is 15.5 Å². The Bertz CT molecular complexity index is 612. The normalized spacial score (nSPS) is 10.5. The predicted molar refractivity (Wildman–Crippen MR) is 90.0 cm³/mol. The lowest BCUT2D eigenvalue weighted by Crippen LogP contribution is -2.25. The van der Waals surface area contributed by atoms with Crippen molar-refractivity contribution in [2.75, 3.05) is 31.8 Å². The zero-order valence-electron chi connectivity index (χ0n) is 12.9. The lowest BCUT2D eigenvalue weighted by atomic mass is 10.2. The maximum Gasteiger partial charge on any atom is 0.264 e. The molecule has 1 amide bonds. The van der Waals surface area contributed by atoms with Crippen molar-refractivity contribution in [3.05, 3.63) is 45.6 Å². The van der Waals surface area contributed by atoms with E-state index in [1.165, 1.54) is 11.3 Å². The van der Waals surface area contributed by atoms with Gasteiger partial charge in [-0.05, 0) is 30.7 Å². The van der Waals surface area contributed by atoms with Crippen molar-refractivity contribution in [2.45, 2.75) is 13.5 Å². The molecular formula is C16H21N3OS. The summed E-state index contributed by atoms with van der Waals surface area (Å²) < 4.78 is 0. The second-order valence-corrected chi connectivity index (χ2v) is 6.60. The Kier molecular flexibility index (Phi) is 4.53. The molecule has 0 fully saturated rings. The number of anilines is 2. The largest absolute Gasteiger partial charge is 0.398 e. The van der Waals surface area contributed by atoms with Gasteiger partial charge in [0.05, 0.1) is 4.88 Å². The molecule has 21 heavy (non-hydrogen) atoms. The van der Waals surface area contributed by atoms with Crippen molar-refractivity contribution in [3.63, 3.8) is 0 Å². The van der Waals surface area contributed by atoms with Crippen molar-refractivity contribution in [1.29, 1.82) is 0 Å². The Hall–Kier alpha value is -2.01. The van der Waals surface area contributed by atoms with Crippen LogP contribution in [0.25, 0.3) is 0 Å². The first-order chi connectivity index (χ1) is 9.88. The number of benzene rings is 1. The summed E-state index contributed by atoms with van der Waals surface area (Å²) in [6, 6.07) is 9.97. The number of rotatable bonds is 4. The molecule has 2 N–H and O–H groups in total. The molecule has 4 nitrogen and oxygen atoms in total. The van der Waals surface area contributed by atoms with Crippen LogP contribution in [0.5, 0.6) is 0 Å². The third-order valence-corrected chi connectivity index (χ3v) is 4.44. The average molecular weight is 303 g/mol. The molecule has 1 heterocycles. The standard InChI is InChI=1S/C16H21N3OS/c1-11-14(17)9-15(21-11)16(20)19(4)10-12-5-7-13(8-6-12)18(2)3/h5-9H,10,17H2,1-4H3. The van der Waals surface area contributed by atoms with Crippen molar-refractivity contribution in [3.8, 4) is 0 Å². The minimum Gasteiger partial charge on any atom is -0.398 e. The summed E-state index contributed by atoms with van der Waals surface area (Å²) in [4.78, 5) is 17.8. The van der Waals surface area contributed by atoms with E-state index in [-0.39, 0.29) is 5.91 Å². The minimum atomic E-state index is 0.0106. The van der Waals surface area contributed by atoms with E-state index < -0.39 is 0 Å². The molecule has 0 unspecified atom stereocenters. The molecule has 0 aliphatic carbocycles. The molecule has 0 bridgehead atoms. The third kappa shape index (κ3) is 3.55. The van der Waals surface area contributed by atoms with Crippen molar-refractivity contribution >= 4 is 28.6 Å². The first kappa shape index (κ1) is 15.4. The number of thiophene rings is 1. The number of carbonyl (C=O) groups excluding carboxylic acids is 1. The number of carbonyl (C=O) groups is 1. The van der Waals surface area contributed by atoms with Crippen LogP contribution in [0.1, 0.15) is 20.1 Å². The van der Waals surface area contributed by atoms with Gasteiger partial charge in [0.1, 0.15) is 0 Å². The summed E-state index contributed by atoms with van der Waals surface area (Å²) in [7, 11) is 5.83. The molecule has 0 saturated carbocycles. The van der Waals surface area contributed by atoms with Crippen molar-refractivity contribution in [2.24, 2.45) is 0 Å². The second kappa shape index (κ2) is 6.18. The molecular weight excluding hydrogens is 282 g/mol. The Morgan fingerprint density at radius 1 is 1.19 bits per heavy atom. The van der Waals surface area contributed by atoms with Crippen LogP contribution < -0.4 is 10.6 Å². The molecule has 0 radical (unpaired) electrons. The number of amides is 1. The Balaban J connectivity index is 2.06. The molecule has 2 rings (SSSR count). The quantitative estimate of drug-likeness (QED) is 0.944. The van der Waals surface area contributed by atoms with E-state index in [4.69, 9.17) is 5.73 Å². The number of nitrogens with two attached hydrogens (primary N) is 1. The van der Waals surface area contributed by atoms with Crippen LogP contribution in [0, 0.1) is 6.92 Å². The van der Waals surface area contributed by atoms with Gasteiger partial charge in [0, 0.05) is 43.9 Å². The summed E-state index contributed by atoms with van der Waals surface area (Å²) in [6.07, 6.45) is 0. The second-order valence-electron chi connectivity index (χ2n) is 5.34. The molecule has 0 atom stereocenters. The summed E-state index contributed by atoms with van der Waals surface area (Å²) in [6.45, 7) is 2.51. The lowest BCUT2D eigenvalue weighted by molar-refractivity contribution is 0.0790. The van der Waals surface area contributed by atoms with Crippen LogP contribution in [0.3, 0.4) is 0 Å². The highest BCUT2D eigenvalue weighted by molar-refractivity contribution is 7.14. The van der Waals surface area contributed by atoms with E-state index in [0.29, 0.717) is 17.1 Å². The smallest absolute Gasteiger partial charge is 0.264 e. The third-order valence-electron chi connectivity index (χ3n) is 3.39. The lowest BCUT2D eigenvalue weighted by Gasteiger charge is -2.17. The summed E-state index contributed by atoms with van der Waals surface area (Å²) in [5.74, 6) is 0.0106. The van der Waals surface area contributed by atoms with Crippen LogP contribution in [0.15, 0.2) is 30.3 Å². The highest BCUT2D eigenvalue weighted by Crippen LogP contribution is 2.25. The molecule has 0 spiro atoms. The molecule has 0 aliphatic rings. The molecule has 5 heteroatoms. The van der Waals surface area contributed by atoms with Gasteiger partial charge in [0.2, 0.25) is 0 Å². The van der Waals surface area contributed by atoms with Gasteiger partial charge in [-0.25, -0.2) is 0 Å². The summed E-state index contributed by atoms with van der Waals surface area (Å²) in [5, 5.41) is 0. The molecule has 0 aliphatic heterocycles. The molecule has 0 saturated heterocycles. The number of nitrogen functional groups attached to an aromatic ring is 1. The van der Waals surface area contributed by atoms with Crippen LogP contribution in [0.4, 0.5) is 11.4 Å². The van der Waals surface area contributed by atoms with Crippen LogP contribution in [-0.4, -0.2) is 32.0 Å². The monoisotopic (exact) mass is 303 g/mol. The average Bonchev–Trinajstić information content (AvgIpc) is 2.78. The van der Waals surface area contributed by atoms with E-state index >= 15 is 0 Å². The topological polar surface area (TPSA) is 49.6 Å². The van der Waals surface area contributed by atoms with Gasteiger partial charge in [-0.1, -0.05) is 12.1 Å². The zero-order chi connectivity index (χ0) is 15.6. The Morgan fingerprint density at radius 3 is 2.29 bits per heavy atom. The van der Waals surface area contributed by atoms with E-state index in [1.807, 2.05) is 40.2 Å². The minimum absolute atomic E-state index is 0.0106. The highest BCUT2D eigenvalue weighted by atomic mass is 32.1. The Labute approximate surface area is 129 Å². The first-order valence-electron chi connectivity index (χ1n) is 6.76. The predicted octanol–water partition coefficient (Wildman–Crippen LogP) is 2.98. The molecule has 1 aromatic heterocycles. The zero-order valence-corrected chi connectivity index (χ0v) is 13.7. The van der Waals surface area contributed by atoms with Gasteiger partial charge in [-0.2, -0.15) is 0 Å². The van der Waals surface area contributed by atoms with Crippen LogP contribution >= 0.6 is 11.3 Å². The molecule has 2 aromatic rings. The van der Waals surface area contributed by atoms with Gasteiger partial charge in [0.25, 0.3) is 5.91 Å². The maximum absolute atomic E-state index is 12.4. The van der Waals surface area contributed by atoms with E-state index in [1.54, 1.807) is 11.0 Å². The SMILES string of the molecule is Cc1sc(C(=O)N(C)Cc2ccc(N(C)C)cc2)cc1N. The summed E-state index contributed by atoms with van der Waals surface area (Å²) >= 11 is 1.44. The Morgan fingerprint density at radius 2 is 1.81 bits per heavy atom. The summed E-state index contributed by atoms with van der Waals surface area (Å²) in [5.41, 5.74) is 8.75. The fourth-order valence-corrected chi connectivity index (χ4v) is 2.97. The fourth-order valence-electron chi connectivity index (χ4n) is 2.03. The van der Waals surface area contributed by atoms with Gasteiger partial charge in [-0.3, -0.25) is 4.79 Å². The first-order valence-corrected chi connectivity index (χ1v) is 7.57. The van der Waals surface area contributed by atoms with E-state index in [2.05, 4.69) is 17.0 Å². The number of nitrogens with zero attached hydrogens (tertiary/aromatic N) is 2. The number of hydrogen-bond acceptors (Lipinski definition) is 4. The highest BCUT2D eigenvalue weighted by Gasteiger charge is 2.15. The maximum atomic E-state index is 12.4. The van der Waals surface area contributed by atoms with Crippen LogP contribution in [0.2, 0.25) is 0 Å².